The van der Waals surface area contributed by atoms with Crippen LogP contribution in [0.3, 0.4) is 0 Å². The molecule has 0 bridgehead atoms. The van der Waals surface area contributed by atoms with Gasteiger partial charge in [-0.2, -0.15) is 0 Å². The number of hydrogen-bond acceptors (Lipinski definition) is 4. The van der Waals surface area contributed by atoms with Crippen LogP contribution in [0.15, 0.2) is 46.9 Å². The van der Waals surface area contributed by atoms with E-state index in [1.165, 1.54) is 0 Å². The zero-order valence-corrected chi connectivity index (χ0v) is 16.1. The highest BCUT2D eigenvalue weighted by atomic mass is 79.9. The van der Waals surface area contributed by atoms with Gasteiger partial charge in [-0.05, 0) is 57.9 Å². The Morgan fingerprint density at radius 2 is 2.04 bits per heavy atom. The Balaban J connectivity index is 1.86. The van der Waals surface area contributed by atoms with Gasteiger partial charge in [-0.1, -0.05) is 17.7 Å². The topological polar surface area (TPSA) is 72.6 Å². The molecule has 2 N–H and O–H groups in total. The van der Waals surface area contributed by atoms with Crippen LogP contribution in [0, 0.1) is 0 Å². The molecular formula is C17H14BrClN2O3S. The van der Waals surface area contributed by atoms with Crippen molar-refractivity contribution in [3.63, 3.8) is 0 Å². The molecule has 2 amide bonds. The number of nitrogens with zero attached hydrogens (tertiary/aromatic N) is 1. The third-order valence-electron chi connectivity index (χ3n) is 3.58. The van der Waals surface area contributed by atoms with Gasteiger partial charge in [0.1, 0.15) is 11.1 Å². The molecule has 3 rings (SSSR count). The Labute approximate surface area is 162 Å². The molecule has 0 aliphatic carbocycles. The van der Waals surface area contributed by atoms with Crippen molar-refractivity contribution >= 4 is 56.8 Å². The molecule has 1 aliphatic heterocycles. The van der Waals surface area contributed by atoms with Gasteiger partial charge in [-0.25, -0.2) is 0 Å². The van der Waals surface area contributed by atoms with Crippen molar-refractivity contribution < 1.29 is 14.3 Å². The molecule has 5 nitrogen and oxygen atoms in total. The van der Waals surface area contributed by atoms with Gasteiger partial charge in [0.25, 0.3) is 5.91 Å². The molecule has 25 heavy (non-hydrogen) atoms. The molecule has 1 fully saturated rings. The summed E-state index contributed by atoms with van der Waals surface area (Å²) < 4.78 is 6.03. The standard InChI is InChI=1S/C17H14BrClN2O3S/c18-13-7-10(1-6-14(13)24-8-15(20)22)17-21(16(23)9-25-17)12-4-2-11(19)3-5-12/h1-7,17H,8-9H2,(H2,20,22)/t17-/m1/s1. The fourth-order valence-electron chi connectivity index (χ4n) is 2.49. The van der Waals surface area contributed by atoms with Gasteiger partial charge in [0.05, 0.1) is 10.2 Å². The summed E-state index contributed by atoms with van der Waals surface area (Å²) in [6.45, 7) is -0.189. The van der Waals surface area contributed by atoms with Crippen LogP contribution in [-0.2, 0) is 9.59 Å². The quantitative estimate of drug-likeness (QED) is 0.767. The lowest BCUT2D eigenvalue weighted by Gasteiger charge is -2.25. The molecule has 0 radical (unpaired) electrons. The van der Waals surface area contributed by atoms with Crippen LogP contribution < -0.4 is 15.4 Å². The number of primary amides is 1. The number of ether oxygens (including phenoxy) is 1. The predicted octanol–water partition coefficient (Wildman–Crippen LogP) is 3.75. The fourth-order valence-corrected chi connectivity index (χ4v) is 4.29. The smallest absolute Gasteiger partial charge is 0.255 e. The van der Waals surface area contributed by atoms with Gasteiger partial charge < -0.3 is 10.5 Å². The Kier molecular flexibility index (Phi) is 5.56. The summed E-state index contributed by atoms with van der Waals surface area (Å²) in [5, 5.41) is 0.480. The number of nitrogens with two attached hydrogens (primary N) is 1. The number of amides is 2. The molecule has 2 aromatic carbocycles. The lowest BCUT2D eigenvalue weighted by molar-refractivity contribution is -0.120. The number of anilines is 1. The molecule has 8 heteroatoms. The minimum atomic E-state index is -0.540. The number of thioether (sulfide) groups is 1. The van der Waals surface area contributed by atoms with E-state index < -0.39 is 5.91 Å². The van der Waals surface area contributed by atoms with E-state index in [-0.39, 0.29) is 17.9 Å². The highest BCUT2D eigenvalue weighted by Gasteiger charge is 2.34. The van der Waals surface area contributed by atoms with Crippen molar-refractivity contribution in [1.29, 1.82) is 0 Å². The predicted molar refractivity (Wildman–Crippen MR) is 103 cm³/mol. The second-order valence-electron chi connectivity index (χ2n) is 5.35. The van der Waals surface area contributed by atoms with Gasteiger partial charge in [-0.3, -0.25) is 14.5 Å². The molecule has 130 valence electrons. The van der Waals surface area contributed by atoms with Gasteiger partial charge in [0.2, 0.25) is 5.91 Å². The molecule has 1 heterocycles. The molecule has 0 aromatic heterocycles. The van der Waals surface area contributed by atoms with Crippen molar-refractivity contribution in [1.82, 2.24) is 0 Å². The third kappa shape index (κ3) is 4.11. The fraction of sp³-hybridized carbons (Fsp3) is 0.176. The zero-order chi connectivity index (χ0) is 18.0. The highest BCUT2D eigenvalue weighted by Crippen LogP contribution is 2.43. The molecule has 0 unspecified atom stereocenters. The summed E-state index contributed by atoms with van der Waals surface area (Å²) in [6, 6.07) is 12.7. The van der Waals surface area contributed by atoms with Crippen LogP contribution in [0.2, 0.25) is 5.02 Å². The molecule has 0 saturated carbocycles. The number of halogens is 2. The van der Waals surface area contributed by atoms with Crippen LogP contribution in [0.1, 0.15) is 10.9 Å². The van der Waals surface area contributed by atoms with Gasteiger partial charge in [-0.15, -0.1) is 11.8 Å². The van der Waals surface area contributed by atoms with Crippen molar-refractivity contribution in [2.75, 3.05) is 17.3 Å². The monoisotopic (exact) mass is 440 g/mol. The van der Waals surface area contributed by atoms with Gasteiger partial charge >= 0.3 is 0 Å². The summed E-state index contributed by atoms with van der Waals surface area (Å²) >= 11 is 10.9. The number of carbonyl (C=O) groups excluding carboxylic acids is 2. The average molecular weight is 442 g/mol. The van der Waals surface area contributed by atoms with Crippen molar-refractivity contribution in [2.24, 2.45) is 5.73 Å². The number of hydrogen-bond donors (Lipinski definition) is 1. The zero-order valence-electron chi connectivity index (χ0n) is 12.9. The van der Waals surface area contributed by atoms with Crippen molar-refractivity contribution in [2.45, 2.75) is 5.37 Å². The second kappa shape index (κ2) is 7.68. The number of carbonyl (C=O) groups is 2. The van der Waals surface area contributed by atoms with E-state index in [1.54, 1.807) is 34.9 Å². The minimum absolute atomic E-state index is 0.0440. The second-order valence-corrected chi connectivity index (χ2v) is 7.71. The molecule has 1 aliphatic rings. The van der Waals surface area contributed by atoms with E-state index in [2.05, 4.69) is 15.9 Å². The highest BCUT2D eigenvalue weighted by molar-refractivity contribution is 9.10. The number of benzene rings is 2. The van der Waals surface area contributed by atoms with Crippen LogP contribution in [0.5, 0.6) is 5.75 Å². The maximum atomic E-state index is 12.4. The summed E-state index contributed by atoms with van der Waals surface area (Å²) in [4.78, 5) is 25.0. The SMILES string of the molecule is NC(=O)COc1ccc([C@H]2SCC(=O)N2c2ccc(Cl)cc2)cc1Br. The maximum Gasteiger partial charge on any atom is 0.255 e. The largest absolute Gasteiger partial charge is 0.483 e. The van der Waals surface area contributed by atoms with Crippen molar-refractivity contribution in [3.05, 3.63) is 57.5 Å². The minimum Gasteiger partial charge on any atom is -0.483 e. The summed E-state index contributed by atoms with van der Waals surface area (Å²) in [6.07, 6.45) is 0. The van der Waals surface area contributed by atoms with E-state index in [0.29, 0.717) is 21.0 Å². The van der Waals surface area contributed by atoms with E-state index in [9.17, 15) is 9.59 Å². The molecule has 2 aromatic rings. The first-order valence-corrected chi connectivity index (χ1v) is 9.57. The first-order valence-electron chi connectivity index (χ1n) is 7.35. The summed E-state index contributed by atoms with van der Waals surface area (Å²) in [5.74, 6) is 0.435. The summed E-state index contributed by atoms with van der Waals surface area (Å²) in [7, 11) is 0. The Morgan fingerprint density at radius 1 is 1.32 bits per heavy atom. The maximum absolute atomic E-state index is 12.4. The Morgan fingerprint density at radius 3 is 2.68 bits per heavy atom. The molecule has 1 saturated heterocycles. The first-order chi connectivity index (χ1) is 12.0. The van der Waals surface area contributed by atoms with E-state index in [0.717, 1.165) is 11.3 Å². The average Bonchev–Trinajstić information content (AvgIpc) is 2.96. The Hall–Kier alpha value is -1.70. The van der Waals surface area contributed by atoms with E-state index in [1.807, 2.05) is 24.3 Å². The lowest BCUT2D eigenvalue weighted by Crippen LogP contribution is -2.27. The molecule has 0 spiro atoms. The third-order valence-corrected chi connectivity index (χ3v) is 5.67. The van der Waals surface area contributed by atoms with Crippen molar-refractivity contribution in [3.8, 4) is 5.75 Å². The lowest BCUT2D eigenvalue weighted by atomic mass is 10.2. The van der Waals surface area contributed by atoms with Gasteiger partial charge in [0, 0.05) is 10.7 Å². The Bertz CT molecular complexity index is 816. The summed E-state index contributed by atoms with van der Waals surface area (Å²) in [5.41, 5.74) is 6.84. The van der Waals surface area contributed by atoms with E-state index in [4.69, 9.17) is 22.1 Å². The van der Waals surface area contributed by atoms with Gasteiger partial charge in [0.15, 0.2) is 6.61 Å². The number of rotatable bonds is 5. The van der Waals surface area contributed by atoms with Crippen LogP contribution in [0.25, 0.3) is 0 Å². The van der Waals surface area contributed by atoms with Crippen LogP contribution in [-0.4, -0.2) is 24.2 Å². The normalized spacial score (nSPS) is 17.0. The van der Waals surface area contributed by atoms with Crippen LogP contribution >= 0.6 is 39.3 Å². The molecular weight excluding hydrogens is 428 g/mol. The molecule has 1 atom stereocenters. The van der Waals surface area contributed by atoms with Crippen LogP contribution in [0.4, 0.5) is 5.69 Å². The van der Waals surface area contributed by atoms with E-state index >= 15 is 0 Å². The first kappa shape index (κ1) is 18.1.